The number of nitrogens with two attached hydrogens (primary N) is 2. The van der Waals surface area contributed by atoms with Gasteiger partial charge in [0, 0.05) is 18.2 Å². The lowest BCUT2D eigenvalue weighted by molar-refractivity contribution is -0.121. The molecule has 0 heterocycles. The van der Waals surface area contributed by atoms with Gasteiger partial charge >= 0.3 is 6.18 Å². The zero-order valence-electron chi connectivity index (χ0n) is 17.0. The van der Waals surface area contributed by atoms with E-state index in [-0.39, 0.29) is 23.4 Å². The number of methoxy groups -OCH3 is 1. The van der Waals surface area contributed by atoms with E-state index in [0.717, 1.165) is 30.4 Å². The van der Waals surface area contributed by atoms with E-state index in [2.05, 4.69) is 18.8 Å². The molecule has 29 heavy (non-hydrogen) atoms. The van der Waals surface area contributed by atoms with Gasteiger partial charge in [0.15, 0.2) is 0 Å². The molecular weight excluding hydrogens is 381 g/mol. The van der Waals surface area contributed by atoms with E-state index in [1.54, 1.807) is 13.2 Å². The Balaban J connectivity index is 2.10. The third-order valence-electron chi connectivity index (χ3n) is 6.40. The Hall–Kier alpha value is -2.09. The number of halogens is 3. The summed E-state index contributed by atoms with van der Waals surface area (Å²) < 4.78 is 44.9. The number of alkyl halides is 3. The smallest absolute Gasteiger partial charge is 0.394 e. The number of hydrogen-bond donors (Lipinski definition) is 3. The van der Waals surface area contributed by atoms with Gasteiger partial charge in [-0.2, -0.15) is 13.2 Å². The minimum Gasteiger partial charge on any atom is -0.399 e. The molecule has 3 atom stereocenters. The average molecular weight is 410 g/mol. The van der Waals surface area contributed by atoms with Crippen molar-refractivity contribution >= 4 is 17.2 Å². The van der Waals surface area contributed by atoms with Crippen molar-refractivity contribution in [2.75, 3.05) is 12.8 Å². The third-order valence-corrected chi connectivity index (χ3v) is 6.40. The SMILES string of the molecule is COC1C(C)CC2(Cc3ccc(N)cc3C2N=C(CC(F)(F)F)C(=N)N)CC1C. The molecule has 1 fully saturated rings. The summed E-state index contributed by atoms with van der Waals surface area (Å²) in [5.41, 5.74) is 13.2. The van der Waals surface area contributed by atoms with Crippen LogP contribution in [-0.2, 0) is 11.2 Å². The lowest BCUT2D eigenvalue weighted by atomic mass is 9.61. The van der Waals surface area contributed by atoms with Crippen LogP contribution in [0.25, 0.3) is 0 Å². The number of ether oxygens (including phenoxy) is 1. The van der Waals surface area contributed by atoms with Crippen LogP contribution in [0.15, 0.2) is 23.2 Å². The molecule has 1 spiro atoms. The maximum absolute atomic E-state index is 13.1. The highest BCUT2D eigenvalue weighted by Gasteiger charge is 2.52. The minimum atomic E-state index is -4.48. The normalized spacial score (nSPS) is 32.4. The molecule has 0 aliphatic heterocycles. The molecule has 0 bridgehead atoms. The molecule has 1 aromatic rings. The Kier molecular flexibility index (Phi) is 5.69. The van der Waals surface area contributed by atoms with E-state index >= 15 is 0 Å². The molecule has 160 valence electrons. The van der Waals surface area contributed by atoms with Crippen molar-refractivity contribution in [2.24, 2.45) is 28.0 Å². The number of hydrogen-bond acceptors (Lipinski definition) is 4. The fourth-order valence-corrected chi connectivity index (χ4v) is 5.59. The first-order valence-corrected chi connectivity index (χ1v) is 9.84. The predicted octanol–water partition coefficient (Wildman–Crippen LogP) is 4.26. The zero-order chi connectivity index (χ0) is 21.6. The Morgan fingerprint density at radius 3 is 2.41 bits per heavy atom. The number of amidine groups is 1. The van der Waals surface area contributed by atoms with Crippen molar-refractivity contribution in [2.45, 2.75) is 57.9 Å². The van der Waals surface area contributed by atoms with Gasteiger partial charge in [0.25, 0.3) is 0 Å². The van der Waals surface area contributed by atoms with Crippen LogP contribution in [0, 0.1) is 22.7 Å². The number of fused-ring (bicyclic) bond motifs is 1. The molecule has 0 amide bonds. The Bertz CT molecular complexity index is 809. The molecule has 5 nitrogen and oxygen atoms in total. The third kappa shape index (κ3) is 4.27. The van der Waals surface area contributed by atoms with E-state index < -0.39 is 30.2 Å². The summed E-state index contributed by atoms with van der Waals surface area (Å²) in [7, 11) is 1.70. The van der Waals surface area contributed by atoms with Crippen molar-refractivity contribution in [3.63, 3.8) is 0 Å². The van der Waals surface area contributed by atoms with Crippen LogP contribution < -0.4 is 11.5 Å². The number of rotatable bonds is 4. The number of nitrogen functional groups attached to an aromatic ring is 1. The Labute approximate surface area is 169 Å². The van der Waals surface area contributed by atoms with Gasteiger partial charge < -0.3 is 16.2 Å². The van der Waals surface area contributed by atoms with Crippen LogP contribution in [0.2, 0.25) is 0 Å². The molecule has 3 unspecified atom stereocenters. The fraction of sp³-hybridized carbons (Fsp3) is 0.619. The molecule has 0 aromatic heterocycles. The summed E-state index contributed by atoms with van der Waals surface area (Å²) in [6.07, 6.45) is -3.42. The van der Waals surface area contributed by atoms with Crippen molar-refractivity contribution in [3.8, 4) is 0 Å². The molecule has 0 saturated heterocycles. The van der Waals surface area contributed by atoms with Gasteiger partial charge in [-0.1, -0.05) is 19.9 Å². The summed E-state index contributed by atoms with van der Waals surface area (Å²) in [6, 6.07) is 5.05. The van der Waals surface area contributed by atoms with Gasteiger partial charge in [-0.3, -0.25) is 10.4 Å². The largest absolute Gasteiger partial charge is 0.399 e. The number of nitrogens with zero attached hydrogens (tertiary/aromatic N) is 1. The van der Waals surface area contributed by atoms with E-state index in [1.807, 2.05) is 12.1 Å². The van der Waals surface area contributed by atoms with Crippen LogP contribution >= 0.6 is 0 Å². The molecule has 5 N–H and O–H groups in total. The maximum Gasteiger partial charge on any atom is 0.394 e. The number of anilines is 1. The van der Waals surface area contributed by atoms with Crippen LogP contribution in [-0.4, -0.2) is 30.9 Å². The molecule has 2 aliphatic carbocycles. The predicted molar refractivity (Wildman–Crippen MR) is 108 cm³/mol. The van der Waals surface area contributed by atoms with E-state index in [4.69, 9.17) is 21.6 Å². The Morgan fingerprint density at radius 1 is 1.28 bits per heavy atom. The van der Waals surface area contributed by atoms with Crippen molar-refractivity contribution < 1.29 is 17.9 Å². The summed E-state index contributed by atoms with van der Waals surface area (Å²) in [6.45, 7) is 4.23. The van der Waals surface area contributed by atoms with Gasteiger partial charge in [-0.15, -0.1) is 0 Å². The highest BCUT2D eigenvalue weighted by molar-refractivity contribution is 6.39. The number of nitrogens with one attached hydrogen (secondary N) is 1. The molecular formula is C21H29F3N4O. The number of benzene rings is 1. The summed E-state index contributed by atoms with van der Waals surface area (Å²) in [4.78, 5) is 4.49. The number of aliphatic imine (C=N–C) groups is 1. The monoisotopic (exact) mass is 410 g/mol. The summed E-state index contributed by atoms with van der Waals surface area (Å²) in [5, 5.41) is 7.67. The molecule has 8 heteroatoms. The topological polar surface area (TPSA) is 97.5 Å². The average Bonchev–Trinajstić information content (AvgIpc) is 2.85. The van der Waals surface area contributed by atoms with Crippen molar-refractivity contribution in [3.05, 3.63) is 29.3 Å². The molecule has 1 aromatic carbocycles. The van der Waals surface area contributed by atoms with Gasteiger partial charge in [0.1, 0.15) is 5.84 Å². The summed E-state index contributed by atoms with van der Waals surface area (Å²) in [5.74, 6) is -0.172. The quantitative estimate of drug-likeness (QED) is 0.393. The lowest BCUT2D eigenvalue weighted by Crippen LogP contribution is -2.44. The molecule has 0 radical (unpaired) electrons. The second-order valence-electron chi connectivity index (χ2n) is 8.74. The highest BCUT2D eigenvalue weighted by atomic mass is 19.4. The molecule has 1 saturated carbocycles. The standard InChI is InChI=1S/C21H29F3N4O/c1-11-7-20(8-12(2)17(11)29-3)9-13-4-5-14(25)6-15(13)18(20)28-16(19(26)27)10-21(22,23)24/h4-6,11-12,17-18H,7-10,25H2,1-3H3,(H3,26,27). The van der Waals surface area contributed by atoms with Crippen LogP contribution in [0.3, 0.4) is 0 Å². The maximum atomic E-state index is 13.1. The van der Waals surface area contributed by atoms with Crippen LogP contribution in [0.1, 0.15) is 50.3 Å². The van der Waals surface area contributed by atoms with E-state index in [1.165, 1.54) is 0 Å². The van der Waals surface area contributed by atoms with E-state index in [9.17, 15) is 13.2 Å². The fourth-order valence-electron chi connectivity index (χ4n) is 5.59. The zero-order valence-corrected chi connectivity index (χ0v) is 17.0. The Morgan fingerprint density at radius 2 is 1.90 bits per heavy atom. The second kappa shape index (κ2) is 7.63. The molecule has 2 aliphatic rings. The van der Waals surface area contributed by atoms with Crippen molar-refractivity contribution in [1.82, 2.24) is 0 Å². The second-order valence-corrected chi connectivity index (χ2v) is 8.74. The van der Waals surface area contributed by atoms with Gasteiger partial charge in [-0.05, 0) is 54.4 Å². The van der Waals surface area contributed by atoms with Crippen molar-refractivity contribution in [1.29, 1.82) is 5.41 Å². The van der Waals surface area contributed by atoms with E-state index in [0.29, 0.717) is 5.69 Å². The lowest BCUT2D eigenvalue weighted by Gasteiger charge is -2.47. The first-order chi connectivity index (χ1) is 13.5. The summed E-state index contributed by atoms with van der Waals surface area (Å²) >= 11 is 0. The van der Waals surface area contributed by atoms with Gasteiger partial charge in [0.2, 0.25) is 0 Å². The first-order valence-electron chi connectivity index (χ1n) is 9.84. The molecule has 3 rings (SSSR count). The van der Waals surface area contributed by atoms with Crippen LogP contribution in [0.4, 0.5) is 18.9 Å². The van der Waals surface area contributed by atoms with Gasteiger partial charge in [0.05, 0.1) is 24.3 Å². The highest BCUT2D eigenvalue weighted by Crippen LogP contribution is 2.59. The minimum absolute atomic E-state index is 0.0986. The van der Waals surface area contributed by atoms with Gasteiger partial charge in [-0.25, -0.2) is 0 Å². The van der Waals surface area contributed by atoms with Crippen LogP contribution in [0.5, 0.6) is 0 Å². The first kappa shape index (κ1) is 21.6.